The molecule has 2 aromatic rings. The predicted molar refractivity (Wildman–Crippen MR) is 75.9 cm³/mol. The smallest absolute Gasteiger partial charge is 0.341 e. The Morgan fingerprint density at radius 2 is 1.70 bits per heavy atom. The maximum atomic E-state index is 8.87. The highest BCUT2D eigenvalue weighted by Crippen LogP contribution is 2.19. The van der Waals surface area contributed by atoms with Crippen molar-refractivity contribution in [2.24, 2.45) is 0 Å². The van der Waals surface area contributed by atoms with Gasteiger partial charge < -0.3 is 9.84 Å². The van der Waals surface area contributed by atoms with E-state index in [1.165, 1.54) is 0 Å². The lowest BCUT2D eigenvalue weighted by Crippen LogP contribution is -2.04. The number of rotatable bonds is 6. The molecule has 0 fully saturated rings. The molecule has 106 valence electrons. The van der Waals surface area contributed by atoms with Gasteiger partial charge in [0, 0.05) is 6.61 Å². The standard InChI is InChI=1S/C15H19N3O2/c1-3-13-14(4-2)17-18-15(16-13)20-12-7-5-11(6-8-12)9-10-19/h5-8,19H,3-4,9-10H2,1-2H3. The van der Waals surface area contributed by atoms with Crippen LogP contribution in [0.2, 0.25) is 0 Å². The lowest BCUT2D eigenvalue weighted by Gasteiger charge is -2.07. The summed E-state index contributed by atoms with van der Waals surface area (Å²) >= 11 is 0. The number of hydrogen-bond donors (Lipinski definition) is 1. The summed E-state index contributed by atoms with van der Waals surface area (Å²) in [5.74, 6) is 0.666. The number of ether oxygens (including phenoxy) is 1. The molecule has 0 amide bonds. The summed E-state index contributed by atoms with van der Waals surface area (Å²) in [6, 6.07) is 7.79. The van der Waals surface area contributed by atoms with E-state index in [-0.39, 0.29) is 12.6 Å². The van der Waals surface area contributed by atoms with Gasteiger partial charge in [-0.2, -0.15) is 4.98 Å². The van der Waals surface area contributed by atoms with Crippen molar-refractivity contribution in [3.63, 3.8) is 0 Å². The van der Waals surface area contributed by atoms with Gasteiger partial charge in [0.25, 0.3) is 0 Å². The third-order valence-electron chi connectivity index (χ3n) is 3.02. The zero-order valence-electron chi connectivity index (χ0n) is 11.8. The van der Waals surface area contributed by atoms with E-state index in [4.69, 9.17) is 9.84 Å². The number of aliphatic hydroxyl groups excluding tert-OH is 1. The van der Waals surface area contributed by atoms with Gasteiger partial charge in [0.15, 0.2) is 0 Å². The summed E-state index contributed by atoms with van der Waals surface area (Å²) in [4.78, 5) is 4.38. The minimum atomic E-state index is 0.144. The van der Waals surface area contributed by atoms with Crippen molar-refractivity contribution in [2.75, 3.05) is 6.61 Å². The van der Waals surface area contributed by atoms with Crippen molar-refractivity contribution >= 4 is 0 Å². The molecule has 0 saturated heterocycles. The van der Waals surface area contributed by atoms with Crippen LogP contribution in [0.4, 0.5) is 0 Å². The largest absolute Gasteiger partial charge is 0.423 e. The lowest BCUT2D eigenvalue weighted by atomic mass is 10.1. The van der Waals surface area contributed by atoms with Crippen LogP contribution in [0.25, 0.3) is 0 Å². The van der Waals surface area contributed by atoms with Crippen LogP contribution in [0.3, 0.4) is 0 Å². The average Bonchev–Trinajstić information content (AvgIpc) is 2.49. The maximum absolute atomic E-state index is 8.87. The fourth-order valence-corrected chi connectivity index (χ4v) is 1.92. The van der Waals surface area contributed by atoms with E-state index in [2.05, 4.69) is 15.2 Å². The molecule has 0 bridgehead atoms. The zero-order chi connectivity index (χ0) is 14.4. The molecule has 1 aromatic heterocycles. The summed E-state index contributed by atoms with van der Waals surface area (Å²) in [5.41, 5.74) is 2.90. The van der Waals surface area contributed by atoms with Crippen LogP contribution < -0.4 is 4.74 Å². The Bertz CT molecular complexity index is 556. The third-order valence-corrected chi connectivity index (χ3v) is 3.02. The molecule has 0 aliphatic rings. The molecule has 0 aliphatic carbocycles. The second-order valence-electron chi connectivity index (χ2n) is 4.41. The van der Waals surface area contributed by atoms with E-state index in [1.807, 2.05) is 38.1 Å². The highest BCUT2D eigenvalue weighted by Gasteiger charge is 2.07. The molecular formula is C15H19N3O2. The van der Waals surface area contributed by atoms with Gasteiger partial charge in [-0.05, 0) is 37.0 Å². The molecule has 1 N–H and O–H groups in total. The molecule has 0 unspecified atom stereocenters. The Morgan fingerprint density at radius 3 is 2.30 bits per heavy atom. The van der Waals surface area contributed by atoms with Crippen molar-refractivity contribution < 1.29 is 9.84 Å². The lowest BCUT2D eigenvalue weighted by molar-refractivity contribution is 0.299. The monoisotopic (exact) mass is 273 g/mol. The molecule has 0 atom stereocenters. The quantitative estimate of drug-likeness (QED) is 0.874. The van der Waals surface area contributed by atoms with E-state index in [0.29, 0.717) is 12.2 Å². The van der Waals surface area contributed by atoms with Gasteiger partial charge in [-0.1, -0.05) is 31.1 Å². The number of aliphatic hydroxyl groups is 1. The summed E-state index contributed by atoms with van der Waals surface area (Å²) in [6.45, 7) is 4.22. The predicted octanol–water partition coefficient (Wildman–Crippen LogP) is 2.32. The normalized spacial score (nSPS) is 10.6. The second kappa shape index (κ2) is 6.96. The van der Waals surface area contributed by atoms with Crippen molar-refractivity contribution in [3.05, 3.63) is 41.2 Å². The molecule has 0 spiro atoms. The molecule has 0 radical (unpaired) electrons. The Hall–Kier alpha value is -2.01. The highest BCUT2D eigenvalue weighted by atomic mass is 16.5. The van der Waals surface area contributed by atoms with Crippen molar-refractivity contribution in [1.82, 2.24) is 15.2 Å². The first-order chi connectivity index (χ1) is 9.76. The summed E-state index contributed by atoms with van der Waals surface area (Å²) < 4.78 is 5.61. The minimum absolute atomic E-state index is 0.144. The van der Waals surface area contributed by atoms with Gasteiger partial charge in [0.1, 0.15) is 5.75 Å². The average molecular weight is 273 g/mol. The molecule has 1 aromatic carbocycles. The fourth-order valence-electron chi connectivity index (χ4n) is 1.92. The first-order valence-electron chi connectivity index (χ1n) is 6.87. The van der Waals surface area contributed by atoms with Crippen LogP contribution >= 0.6 is 0 Å². The van der Waals surface area contributed by atoms with E-state index in [1.54, 1.807) is 0 Å². The van der Waals surface area contributed by atoms with E-state index < -0.39 is 0 Å². The molecule has 5 heteroatoms. The summed E-state index contributed by atoms with van der Waals surface area (Å²) in [7, 11) is 0. The van der Waals surface area contributed by atoms with Crippen LogP contribution in [0, 0.1) is 0 Å². The Balaban J connectivity index is 2.13. The van der Waals surface area contributed by atoms with Crippen LogP contribution in [0.5, 0.6) is 11.8 Å². The summed E-state index contributed by atoms with van der Waals surface area (Å²) in [5, 5.41) is 17.0. The fraction of sp³-hybridized carbons (Fsp3) is 0.400. The van der Waals surface area contributed by atoms with Crippen molar-refractivity contribution in [2.45, 2.75) is 33.1 Å². The van der Waals surface area contributed by atoms with Gasteiger partial charge in [0.05, 0.1) is 11.4 Å². The van der Waals surface area contributed by atoms with Gasteiger partial charge >= 0.3 is 6.01 Å². The number of aromatic nitrogens is 3. The van der Waals surface area contributed by atoms with Gasteiger partial charge in [-0.15, -0.1) is 5.10 Å². The third kappa shape index (κ3) is 3.51. The molecule has 0 aliphatic heterocycles. The number of benzene rings is 1. The topological polar surface area (TPSA) is 68.1 Å². The highest BCUT2D eigenvalue weighted by molar-refractivity contribution is 5.29. The molecule has 0 saturated carbocycles. The Labute approximate surface area is 118 Å². The zero-order valence-corrected chi connectivity index (χ0v) is 11.8. The van der Waals surface area contributed by atoms with E-state index in [0.717, 1.165) is 29.8 Å². The SMILES string of the molecule is CCc1nnc(Oc2ccc(CCO)cc2)nc1CC. The summed E-state index contributed by atoms with van der Waals surface area (Å²) in [6.07, 6.45) is 2.27. The van der Waals surface area contributed by atoms with Crippen LogP contribution in [-0.2, 0) is 19.3 Å². The van der Waals surface area contributed by atoms with Crippen LogP contribution in [-0.4, -0.2) is 26.9 Å². The minimum Gasteiger partial charge on any atom is -0.423 e. The van der Waals surface area contributed by atoms with E-state index in [9.17, 15) is 0 Å². The second-order valence-corrected chi connectivity index (χ2v) is 4.41. The Morgan fingerprint density at radius 1 is 1.00 bits per heavy atom. The van der Waals surface area contributed by atoms with Crippen molar-refractivity contribution in [3.8, 4) is 11.8 Å². The van der Waals surface area contributed by atoms with Gasteiger partial charge in [0.2, 0.25) is 0 Å². The van der Waals surface area contributed by atoms with Crippen molar-refractivity contribution in [1.29, 1.82) is 0 Å². The first-order valence-corrected chi connectivity index (χ1v) is 6.87. The number of aryl methyl sites for hydroxylation is 2. The molecule has 5 nitrogen and oxygen atoms in total. The molecule has 1 heterocycles. The number of hydrogen-bond acceptors (Lipinski definition) is 5. The maximum Gasteiger partial charge on any atom is 0.341 e. The first kappa shape index (κ1) is 14.4. The van der Waals surface area contributed by atoms with Crippen LogP contribution in [0.1, 0.15) is 30.8 Å². The number of nitrogens with zero attached hydrogens (tertiary/aromatic N) is 3. The molecule has 2 rings (SSSR count). The van der Waals surface area contributed by atoms with E-state index >= 15 is 0 Å². The molecular weight excluding hydrogens is 254 g/mol. The Kier molecular flexibility index (Phi) is 5.01. The van der Waals surface area contributed by atoms with Gasteiger partial charge in [-0.25, -0.2) is 0 Å². The van der Waals surface area contributed by atoms with Crippen LogP contribution in [0.15, 0.2) is 24.3 Å². The molecule has 20 heavy (non-hydrogen) atoms. The van der Waals surface area contributed by atoms with Gasteiger partial charge in [-0.3, -0.25) is 0 Å².